The molecule has 82 valence electrons. The molecule has 0 aromatic heterocycles. The maximum Gasteiger partial charge on any atom is 0.217 e. The molecule has 0 aliphatic carbocycles. The molecule has 0 radical (unpaired) electrons. The van der Waals surface area contributed by atoms with E-state index in [-0.39, 0.29) is 5.91 Å². The van der Waals surface area contributed by atoms with E-state index in [1.165, 1.54) is 19.3 Å². The first-order valence-electron chi connectivity index (χ1n) is 5.53. The average molecular weight is 199 g/mol. The van der Waals surface area contributed by atoms with Crippen molar-refractivity contribution in [2.24, 2.45) is 5.92 Å². The van der Waals surface area contributed by atoms with E-state index in [2.05, 4.69) is 12.2 Å². The molecule has 3 nitrogen and oxygen atoms in total. The Morgan fingerprint density at radius 1 is 1.50 bits per heavy atom. The zero-order valence-electron chi connectivity index (χ0n) is 9.21. The predicted molar refractivity (Wildman–Crippen MR) is 56.1 cm³/mol. The molecule has 1 aliphatic heterocycles. The molecule has 1 amide bonds. The minimum atomic E-state index is 0.0736. The topological polar surface area (TPSA) is 38.3 Å². The molecule has 1 aliphatic rings. The van der Waals surface area contributed by atoms with Crippen LogP contribution in [0.2, 0.25) is 0 Å². The van der Waals surface area contributed by atoms with Gasteiger partial charge in [-0.3, -0.25) is 4.79 Å². The van der Waals surface area contributed by atoms with Crippen LogP contribution in [0.25, 0.3) is 0 Å². The van der Waals surface area contributed by atoms with Gasteiger partial charge in [0, 0.05) is 26.2 Å². The smallest absolute Gasteiger partial charge is 0.217 e. The molecule has 0 aromatic carbocycles. The van der Waals surface area contributed by atoms with E-state index in [9.17, 15) is 4.79 Å². The minimum Gasteiger partial charge on any atom is -0.381 e. The molecule has 0 saturated carbocycles. The highest BCUT2D eigenvalue weighted by atomic mass is 16.5. The molecule has 0 spiro atoms. The van der Waals surface area contributed by atoms with E-state index in [0.29, 0.717) is 6.04 Å². The Balaban J connectivity index is 2.09. The maximum atomic E-state index is 10.8. The quantitative estimate of drug-likeness (QED) is 0.748. The summed E-state index contributed by atoms with van der Waals surface area (Å²) < 4.78 is 5.30. The lowest BCUT2D eigenvalue weighted by Gasteiger charge is -2.23. The second-order valence-electron chi connectivity index (χ2n) is 4.23. The van der Waals surface area contributed by atoms with Crippen LogP contribution in [0.15, 0.2) is 0 Å². The van der Waals surface area contributed by atoms with Crippen LogP contribution < -0.4 is 5.32 Å². The highest BCUT2D eigenvalue weighted by molar-refractivity contribution is 5.73. The van der Waals surface area contributed by atoms with Crippen LogP contribution >= 0.6 is 0 Å². The fraction of sp³-hybridized carbons (Fsp3) is 0.909. The van der Waals surface area contributed by atoms with Crippen LogP contribution in [-0.2, 0) is 9.53 Å². The Labute approximate surface area is 86.2 Å². The molecule has 1 fully saturated rings. The molecule has 0 aromatic rings. The van der Waals surface area contributed by atoms with Gasteiger partial charge in [-0.2, -0.15) is 0 Å². The first-order valence-corrected chi connectivity index (χ1v) is 5.53. The molecular formula is C11H21NO2. The van der Waals surface area contributed by atoms with Crippen molar-refractivity contribution in [2.75, 3.05) is 13.2 Å². The first-order chi connectivity index (χ1) is 6.68. The van der Waals surface area contributed by atoms with Crippen LogP contribution in [0.1, 0.15) is 39.5 Å². The van der Waals surface area contributed by atoms with Gasteiger partial charge < -0.3 is 10.1 Å². The average Bonchev–Trinajstić information content (AvgIpc) is 2.15. The Morgan fingerprint density at radius 3 is 2.71 bits per heavy atom. The summed E-state index contributed by atoms with van der Waals surface area (Å²) in [6.45, 7) is 5.48. The van der Waals surface area contributed by atoms with Crippen molar-refractivity contribution in [2.45, 2.75) is 45.6 Å². The molecule has 1 N–H and O–H groups in total. The van der Waals surface area contributed by atoms with Gasteiger partial charge in [-0.25, -0.2) is 0 Å². The fourth-order valence-electron chi connectivity index (χ4n) is 1.94. The van der Waals surface area contributed by atoms with Crippen LogP contribution in [0.4, 0.5) is 0 Å². The third kappa shape index (κ3) is 4.61. The van der Waals surface area contributed by atoms with Crippen molar-refractivity contribution in [3.05, 3.63) is 0 Å². The van der Waals surface area contributed by atoms with E-state index in [0.717, 1.165) is 25.6 Å². The second-order valence-corrected chi connectivity index (χ2v) is 4.23. The summed E-state index contributed by atoms with van der Waals surface area (Å²) in [6, 6.07) is 0.315. The molecular weight excluding hydrogens is 178 g/mol. The molecule has 14 heavy (non-hydrogen) atoms. The largest absolute Gasteiger partial charge is 0.381 e. The van der Waals surface area contributed by atoms with Crippen LogP contribution in [0, 0.1) is 5.92 Å². The third-order valence-electron chi connectivity index (χ3n) is 2.80. The lowest BCUT2D eigenvalue weighted by molar-refractivity contribution is -0.119. The lowest BCUT2D eigenvalue weighted by atomic mass is 9.93. The molecule has 1 saturated heterocycles. The Bertz CT molecular complexity index is 176. The van der Waals surface area contributed by atoms with Crippen LogP contribution in [-0.4, -0.2) is 25.2 Å². The predicted octanol–water partition coefficient (Wildman–Crippen LogP) is 1.72. The summed E-state index contributed by atoms with van der Waals surface area (Å²) in [6.07, 6.45) is 4.68. The van der Waals surface area contributed by atoms with E-state index < -0.39 is 0 Å². The third-order valence-corrected chi connectivity index (χ3v) is 2.80. The number of carbonyl (C=O) groups is 1. The number of rotatable bonds is 4. The van der Waals surface area contributed by atoms with Crippen molar-refractivity contribution < 1.29 is 9.53 Å². The van der Waals surface area contributed by atoms with Gasteiger partial charge in [-0.05, 0) is 38.5 Å². The maximum absolute atomic E-state index is 10.8. The Kier molecular flexibility index (Phi) is 4.94. The Hall–Kier alpha value is -0.570. The highest BCUT2D eigenvalue weighted by Crippen LogP contribution is 2.20. The standard InChI is InChI=1S/C11H21NO2/c1-9(12-10(2)13)3-4-11-5-7-14-8-6-11/h9,11H,3-8H2,1-2H3,(H,12,13). The molecule has 1 heterocycles. The summed E-state index contributed by atoms with van der Waals surface area (Å²) in [5.41, 5.74) is 0. The molecule has 1 rings (SSSR count). The lowest BCUT2D eigenvalue weighted by Crippen LogP contribution is -2.31. The van der Waals surface area contributed by atoms with Gasteiger partial charge in [0.25, 0.3) is 0 Å². The van der Waals surface area contributed by atoms with Gasteiger partial charge in [0.15, 0.2) is 0 Å². The number of carbonyl (C=O) groups excluding carboxylic acids is 1. The van der Waals surface area contributed by atoms with Gasteiger partial charge in [0.2, 0.25) is 5.91 Å². The number of ether oxygens (including phenoxy) is 1. The minimum absolute atomic E-state index is 0.0736. The summed E-state index contributed by atoms with van der Waals surface area (Å²) in [5, 5.41) is 2.91. The zero-order chi connectivity index (χ0) is 10.4. The molecule has 1 unspecified atom stereocenters. The van der Waals surface area contributed by atoms with E-state index >= 15 is 0 Å². The molecule has 1 atom stereocenters. The normalized spacial score (nSPS) is 20.4. The van der Waals surface area contributed by atoms with Crippen molar-refractivity contribution in [3.63, 3.8) is 0 Å². The monoisotopic (exact) mass is 199 g/mol. The Morgan fingerprint density at radius 2 is 2.14 bits per heavy atom. The number of hydrogen-bond acceptors (Lipinski definition) is 2. The summed E-state index contributed by atoms with van der Waals surface area (Å²) in [7, 11) is 0. The van der Waals surface area contributed by atoms with Crippen molar-refractivity contribution in [1.29, 1.82) is 0 Å². The van der Waals surface area contributed by atoms with Gasteiger partial charge in [0.05, 0.1) is 0 Å². The van der Waals surface area contributed by atoms with Gasteiger partial charge >= 0.3 is 0 Å². The van der Waals surface area contributed by atoms with Gasteiger partial charge in [-0.1, -0.05) is 0 Å². The van der Waals surface area contributed by atoms with Crippen molar-refractivity contribution in [3.8, 4) is 0 Å². The fourth-order valence-corrected chi connectivity index (χ4v) is 1.94. The molecule has 0 bridgehead atoms. The van der Waals surface area contributed by atoms with Gasteiger partial charge in [0.1, 0.15) is 0 Å². The van der Waals surface area contributed by atoms with Gasteiger partial charge in [-0.15, -0.1) is 0 Å². The van der Waals surface area contributed by atoms with E-state index in [1.807, 2.05) is 0 Å². The zero-order valence-corrected chi connectivity index (χ0v) is 9.21. The van der Waals surface area contributed by atoms with Crippen LogP contribution in [0.3, 0.4) is 0 Å². The van der Waals surface area contributed by atoms with Crippen LogP contribution in [0.5, 0.6) is 0 Å². The number of nitrogens with one attached hydrogen (secondary N) is 1. The summed E-state index contributed by atoms with van der Waals surface area (Å²) in [4.78, 5) is 10.8. The van der Waals surface area contributed by atoms with E-state index in [1.54, 1.807) is 6.92 Å². The molecule has 3 heteroatoms. The number of amides is 1. The second kappa shape index (κ2) is 6.02. The van der Waals surface area contributed by atoms with E-state index in [4.69, 9.17) is 4.74 Å². The summed E-state index contributed by atoms with van der Waals surface area (Å²) in [5.74, 6) is 0.879. The number of hydrogen-bond donors (Lipinski definition) is 1. The SMILES string of the molecule is CC(=O)NC(C)CCC1CCOCC1. The van der Waals surface area contributed by atoms with Crippen molar-refractivity contribution in [1.82, 2.24) is 5.32 Å². The van der Waals surface area contributed by atoms with Crippen molar-refractivity contribution >= 4 is 5.91 Å². The summed E-state index contributed by atoms with van der Waals surface area (Å²) >= 11 is 0. The highest BCUT2D eigenvalue weighted by Gasteiger charge is 2.14. The first kappa shape index (κ1) is 11.5.